The van der Waals surface area contributed by atoms with Gasteiger partial charge in [0.15, 0.2) is 0 Å². The highest BCUT2D eigenvalue weighted by Crippen LogP contribution is 2.52. The number of thioether (sulfide) groups is 2. The normalized spacial score (nSPS) is 13.5. The Balaban J connectivity index is 2.59. The Morgan fingerprint density at radius 3 is 1.61 bits per heavy atom. The van der Waals surface area contributed by atoms with Gasteiger partial charge < -0.3 is 15.6 Å². The monoisotopic (exact) mass is 601 g/mol. The maximum Gasteiger partial charge on any atom is 0.127 e. The molecule has 2 aromatic rings. The zero-order chi connectivity index (χ0) is 31.6. The summed E-state index contributed by atoms with van der Waals surface area (Å²) in [6.07, 6.45) is 3.13. The predicted octanol–water partition coefficient (Wildman–Crippen LogP) is 10.7. The molecule has 3 N–H and O–H groups in total. The molecule has 0 aromatic heterocycles. The maximum atomic E-state index is 11.3. The molecule has 41 heavy (non-hydrogen) atoms. The van der Waals surface area contributed by atoms with Gasteiger partial charge in [0, 0.05) is 26.5 Å². The summed E-state index contributed by atoms with van der Waals surface area (Å²) in [5.41, 5.74) is 9.86. The Morgan fingerprint density at radius 1 is 0.659 bits per heavy atom. The van der Waals surface area contributed by atoms with Crippen LogP contribution in [0.25, 0.3) is 0 Å². The van der Waals surface area contributed by atoms with Gasteiger partial charge in [0.2, 0.25) is 0 Å². The Hall–Kier alpha value is -1.30. The van der Waals surface area contributed by atoms with E-state index >= 15 is 0 Å². The van der Waals surface area contributed by atoms with Gasteiger partial charge in [-0.25, -0.2) is 0 Å². The average Bonchev–Trinajstić information content (AvgIpc) is 2.76. The van der Waals surface area contributed by atoms with E-state index in [9.17, 15) is 5.11 Å². The topological polar surface area (TPSA) is 55.5 Å². The van der Waals surface area contributed by atoms with Crippen molar-refractivity contribution in [1.82, 2.24) is 0 Å². The van der Waals surface area contributed by atoms with Crippen molar-refractivity contribution in [2.45, 2.75) is 152 Å². The molecule has 0 aliphatic rings. The van der Waals surface area contributed by atoms with Crippen LogP contribution in [0.4, 0.5) is 0 Å². The van der Waals surface area contributed by atoms with E-state index in [1.54, 1.807) is 0 Å². The minimum absolute atomic E-state index is 0.0290. The van der Waals surface area contributed by atoms with Gasteiger partial charge in [-0.2, -0.15) is 0 Å². The summed E-state index contributed by atoms with van der Waals surface area (Å²) in [5.74, 6) is 1.49. The molecule has 0 saturated heterocycles. The summed E-state index contributed by atoms with van der Waals surface area (Å²) < 4.78 is 6.51. The molecule has 0 spiro atoms. The van der Waals surface area contributed by atoms with Gasteiger partial charge in [-0.3, -0.25) is 0 Å². The van der Waals surface area contributed by atoms with Gasteiger partial charge in [-0.1, -0.05) is 89.2 Å². The van der Waals surface area contributed by atoms with Crippen molar-refractivity contribution >= 4 is 23.5 Å². The lowest BCUT2D eigenvalue weighted by atomic mass is 9.79. The maximum absolute atomic E-state index is 11.3. The van der Waals surface area contributed by atoms with E-state index in [2.05, 4.69) is 121 Å². The van der Waals surface area contributed by atoms with Gasteiger partial charge >= 0.3 is 0 Å². The molecule has 0 heterocycles. The number of hydrogen-bond acceptors (Lipinski definition) is 5. The number of aromatic hydroxyl groups is 1. The minimum atomic E-state index is -0.164. The number of hydrogen-bond donors (Lipinski definition) is 2. The van der Waals surface area contributed by atoms with Gasteiger partial charge in [-0.15, -0.1) is 23.5 Å². The van der Waals surface area contributed by atoms with Crippen molar-refractivity contribution in [3.63, 3.8) is 0 Å². The predicted molar refractivity (Wildman–Crippen MR) is 184 cm³/mol. The highest BCUT2D eigenvalue weighted by molar-refractivity contribution is 8.18. The Labute approximate surface area is 261 Å². The smallest absolute Gasteiger partial charge is 0.127 e. The molecule has 0 saturated carbocycles. The summed E-state index contributed by atoms with van der Waals surface area (Å²) in [5, 5.41) is 11.3. The molecule has 5 heteroatoms. The van der Waals surface area contributed by atoms with Crippen molar-refractivity contribution in [2.24, 2.45) is 5.73 Å². The molecule has 0 amide bonds. The zero-order valence-electron chi connectivity index (χ0n) is 28.6. The van der Waals surface area contributed by atoms with E-state index in [0.29, 0.717) is 12.4 Å². The zero-order valence-corrected chi connectivity index (χ0v) is 30.2. The fourth-order valence-electron chi connectivity index (χ4n) is 5.08. The van der Waals surface area contributed by atoms with Crippen LogP contribution in [-0.4, -0.2) is 22.3 Å². The SMILES string of the molecule is CC(C)(Sc1cc(C(C)(C)C)c(O)c(C(C)(C)C)c1)Sc1ccc(C(C)(C)C)c(OCCCCCN)c1C(C)(C)C. The fraction of sp³-hybridized carbons (Fsp3) is 0.667. The van der Waals surface area contributed by atoms with E-state index < -0.39 is 0 Å². The van der Waals surface area contributed by atoms with Gasteiger partial charge in [-0.05, 0) is 85.1 Å². The standard InChI is InChI=1S/C36H59NO2S2/c1-32(2,3)25-18-19-28(29(35(10,11)12)31(25)39-21-17-15-16-20-37)41-36(13,14)40-24-22-26(33(4,5)6)30(38)27(23-24)34(7,8)9/h18-19,22-23,38H,15-17,20-21,37H2,1-14H3. The van der Waals surface area contributed by atoms with Gasteiger partial charge in [0.25, 0.3) is 0 Å². The average molecular weight is 602 g/mol. The van der Waals surface area contributed by atoms with Crippen molar-refractivity contribution in [3.8, 4) is 11.5 Å². The lowest BCUT2D eigenvalue weighted by Gasteiger charge is -2.34. The molecule has 0 unspecified atom stereocenters. The van der Waals surface area contributed by atoms with E-state index in [1.165, 1.54) is 20.9 Å². The molecule has 2 rings (SSSR count). The Kier molecular flexibility index (Phi) is 11.5. The molecular formula is C36H59NO2S2. The van der Waals surface area contributed by atoms with Crippen LogP contribution in [0.3, 0.4) is 0 Å². The summed E-state index contributed by atoms with van der Waals surface area (Å²) >= 11 is 3.78. The second-order valence-electron chi connectivity index (χ2n) is 16.0. The van der Waals surface area contributed by atoms with E-state index in [0.717, 1.165) is 42.7 Å². The van der Waals surface area contributed by atoms with Crippen LogP contribution in [0, 0.1) is 0 Å². The van der Waals surface area contributed by atoms with E-state index in [1.807, 2.05) is 23.5 Å². The summed E-state index contributed by atoms with van der Waals surface area (Å²) in [6, 6.07) is 8.98. The molecule has 0 radical (unpaired) electrons. The molecule has 0 aliphatic carbocycles. The third-order valence-electron chi connectivity index (χ3n) is 7.19. The lowest BCUT2D eigenvalue weighted by molar-refractivity contribution is 0.288. The first kappa shape index (κ1) is 35.9. The molecular weight excluding hydrogens is 543 g/mol. The number of benzene rings is 2. The van der Waals surface area contributed by atoms with E-state index in [-0.39, 0.29) is 25.7 Å². The molecule has 2 aromatic carbocycles. The Bertz CT molecular complexity index is 1140. The second kappa shape index (κ2) is 13.1. The van der Waals surface area contributed by atoms with Gasteiger partial charge in [0.1, 0.15) is 11.5 Å². The van der Waals surface area contributed by atoms with Crippen molar-refractivity contribution in [1.29, 1.82) is 0 Å². The van der Waals surface area contributed by atoms with Crippen molar-refractivity contribution in [2.75, 3.05) is 13.2 Å². The molecule has 3 nitrogen and oxygen atoms in total. The number of nitrogens with two attached hydrogens (primary N) is 1. The first-order valence-corrected chi connectivity index (χ1v) is 16.9. The fourth-order valence-corrected chi connectivity index (χ4v) is 7.89. The Morgan fingerprint density at radius 2 is 1.17 bits per heavy atom. The van der Waals surface area contributed by atoms with Crippen LogP contribution in [0.15, 0.2) is 34.1 Å². The second-order valence-corrected chi connectivity index (χ2v) is 19.6. The van der Waals surface area contributed by atoms with E-state index in [4.69, 9.17) is 10.5 Å². The van der Waals surface area contributed by atoms with Crippen LogP contribution in [0.1, 0.15) is 138 Å². The van der Waals surface area contributed by atoms with Crippen LogP contribution in [0.2, 0.25) is 0 Å². The number of unbranched alkanes of at least 4 members (excludes halogenated alkanes) is 2. The van der Waals surface area contributed by atoms with Crippen molar-refractivity contribution in [3.05, 3.63) is 46.5 Å². The number of ether oxygens (including phenoxy) is 1. The summed E-state index contributed by atoms with van der Waals surface area (Å²) in [4.78, 5) is 2.46. The number of phenols is 1. The number of rotatable bonds is 10. The minimum Gasteiger partial charge on any atom is -0.507 e. The first-order valence-electron chi connectivity index (χ1n) is 15.3. The largest absolute Gasteiger partial charge is 0.507 e. The van der Waals surface area contributed by atoms with Crippen LogP contribution in [0.5, 0.6) is 11.5 Å². The summed E-state index contributed by atoms with van der Waals surface area (Å²) in [7, 11) is 0. The quantitative estimate of drug-likeness (QED) is 0.161. The van der Waals surface area contributed by atoms with Crippen LogP contribution < -0.4 is 10.5 Å². The molecule has 0 atom stereocenters. The lowest BCUT2D eigenvalue weighted by Crippen LogP contribution is -2.22. The van der Waals surface area contributed by atoms with Crippen LogP contribution >= 0.6 is 23.5 Å². The summed E-state index contributed by atoms with van der Waals surface area (Å²) in [6.45, 7) is 32.8. The van der Waals surface area contributed by atoms with Gasteiger partial charge in [0.05, 0.1) is 10.7 Å². The molecule has 0 bridgehead atoms. The number of phenolic OH excluding ortho intramolecular Hbond substituents is 1. The molecule has 0 aliphatic heterocycles. The molecule has 0 fully saturated rings. The van der Waals surface area contributed by atoms with Crippen molar-refractivity contribution < 1.29 is 9.84 Å². The van der Waals surface area contributed by atoms with Crippen LogP contribution in [-0.2, 0) is 21.7 Å². The molecule has 232 valence electrons. The highest BCUT2D eigenvalue weighted by Gasteiger charge is 2.33. The first-order chi connectivity index (χ1) is 18.5. The highest BCUT2D eigenvalue weighted by atomic mass is 32.2. The third kappa shape index (κ3) is 9.86. The third-order valence-corrected chi connectivity index (χ3v) is 9.71.